The summed E-state index contributed by atoms with van der Waals surface area (Å²) in [5.41, 5.74) is 0.906. The molecule has 6 heteroatoms. The first kappa shape index (κ1) is 20.5. The van der Waals surface area contributed by atoms with Crippen LogP contribution in [0.5, 0.6) is 0 Å². The topological polar surface area (TPSA) is 39.2 Å². The van der Waals surface area contributed by atoms with Crippen LogP contribution in [0.3, 0.4) is 0 Å². The number of benzene rings is 3. The van der Waals surface area contributed by atoms with Crippen LogP contribution in [0.25, 0.3) is 10.2 Å². The average molecular weight is 440 g/mol. The zero-order valence-electron chi connectivity index (χ0n) is 16.3. The van der Waals surface area contributed by atoms with E-state index in [4.69, 9.17) is 16.3 Å². The summed E-state index contributed by atoms with van der Waals surface area (Å²) in [5.74, 6) is -0.949. The van der Waals surface area contributed by atoms with Gasteiger partial charge in [0.1, 0.15) is 12.4 Å². The number of thiazole rings is 1. The number of para-hydroxylation sites is 1. The molecule has 3 nitrogen and oxygen atoms in total. The molecule has 0 saturated heterocycles. The average Bonchev–Trinajstić information content (AvgIpc) is 3.16. The van der Waals surface area contributed by atoms with Crippen LogP contribution in [0.2, 0.25) is 5.02 Å². The van der Waals surface area contributed by atoms with E-state index in [9.17, 15) is 9.18 Å². The number of esters is 1. The van der Waals surface area contributed by atoms with Crippen LogP contribution in [0.15, 0.2) is 72.8 Å². The van der Waals surface area contributed by atoms with Crippen molar-refractivity contribution in [2.24, 2.45) is 0 Å². The van der Waals surface area contributed by atoms with E-state index < -0.39 is 17.2 Å². The van der Waals surface area contributed by atoms with Crippen LogP contribution in [-0.4, -0.2) is 11.0 Å². The zero-order valence-corrected chi connectivity index (χ0v) is 17.8. The number of aromatic nitrogens is 1. The zero-order chi connectivity index (χ0) is 21.1. The lowest BCUT2D eigenvalue weighted by molar-refractivity contribution is -0.151. The summed E-state index contributed by atoms with van der Waals surface area (Å²) in [5, 5.41) is 1.07. The fourth-order valence-corrected chi connectivity index (χ4v) is 4.70. The van der Waals surface area contributed by atoms with Crippen molar-refractivity contribution in [3.05, 3.63) is 99.8 Å². The van der Waals surface area contributed by atoms with Gasteiger partial charge < -0.3 is 4.74 Å². The van der Waals surface area contributed by atoms with Crippen LogP contribution in [0.4, 0.5) is 4.39 Å². The van der Waals surface area contributed by atoms with Crippen molar-refractivity contribution in [3.63, 3.8) is 0 Å². The molecule has 0 unspecified atom stereocenters. The molecule has 0 N–H and O–H groups in total. The maximum atomic E-state index is 14.1. The van der Waals surface area contributed by atoms with E-state index in [0.29, 0.717) is 6.42 Å². The Morgan fingerprint density at radius 2 is 1.80 bits per heavy atom. The van der Waals surface area contributed by atoms with Gasteiger partial charge in [0, 0.05) is 12.0 Å². The number of fused-ring (bicyclic) bond motifs is 1. The summed E-state index contributed by atoms with van der Waals surface area (Å²) in [7, 11) is 0. The molecule has 30 heavy (non-hydrogen) atoms. The number of carbonyl (C=O) groups is 1. The van der Waals surface area contributed by atoms with Crippen molar-refractivity contribution in [3.8, 4) is 0 Å². The Labute approximate surface area is 183 Å². The molecule has 0 saturated carbocycles. The minimum atomic E-state index is -0.979. The number of hydrogen-bond donors (Lipinski definition) is 0. The van der Waals surface area contributed by atoms with Crippen molar-refractivity contribution < 1.29 is 13.9 Å². The third-order valence-electron chi connectivity index (χ3n) is 5.11. The quantitative estimate of drug-likeness (QED) is 0.329. The summed E-state index contributed by atoms with van der Waals surface area (Å²) in [6, 6.07) is 21.7. The van der Waals surface area contributed by atoms with Crippen molar-refractivity contribution in [2.45, 2.75) is 25.4 Å². The standard InChI is InChI=1S/C24H19ClFNO2S/c1-24(16-8-3-2-4-9-16,14-22-27-20-12-5-6-13-21(20)30-22)23(28)29-15-17-18(25)10-7-11-19(17)26/h2-13H,14-15H2,1H3/t24-/m0/s1. The van der Waals surface area contributed by atoms with Gasteiger partial charge in [-0.1, -0.05) is 60.1 Å². The van der Waals surface area contributed by atoms with E-state index in [1.165, 1.54) is 12.1 Å². The van der Waals surface area contributed by atoms with Gasteiger partial charge in [-0.15, -0.1) is 11.3 Å². The Bertz CT molecular complexity index is 1140. The van der Waals surface area contributed by atoms with Gasteiger partial charge in [-0.3, -0.25) is 4.79 Å². The minimum Gasteiger partial charge on any atom is -0.460 e. The molecule has 0 radical (unpaired) electrons. The van der Waals surface area contributed by atoms with Gasteiger partial charge in [-0.05, 0) is 36.8 Å². The first-order chi connectivity index (χ1) is 14.5. The predicted molar refractivity (Wildman–Crippen MR) is 118 cm³/mol. The molecule has 0 aliphatic heterocycles. The van der Waals surface area contributed by atoms with Crippen LogP contribution in [0.1, 0.15) is 23.1 Å². The molecular formula is C24H19ClFNO2S. The molecule has 1 aromatic heterocycles. The highest BCUT2D eigenvalue weighted by molar-refractivity contribution is 7.18. The maximum absolute atomic E-state index is 14.1. The molecule has 152 valence electrons. The lowest BCUT2D eigenvalue weighted by Crippen LogP contribution is -2.36. The molecule has 0 spiro atoms. The van der Waals surface area contributed by atoms with Crippen LogP contribution in [0, 0.1) is 5.82 Å². The normalized spacial score (nSPS) is 13.2. The third-order valence-corrected chi connectivity index (χ3v) is 6.50. The van der Waals surface area contributed by atoms with Crippen molar-refractivity contribution >= 4 is 39.1 Å². The number of carbonyl (C=O) groups excluding carboxylic acids is 1. The van der Waals surface area contributed by atoms with Crippen LogP contribution in [-0.2, 0) is 28.0 Å². The van der Waals surface area contributed by atoms with Gasteiger partial charge in [0.05, 0.1) is 25.7 Å². The summed E-state index contributed by atoms with van der Waals surface area (Å²) >= 11 is 7.64. The van der Waals surface area contributed by atoms with E-state index in [1.54, 1.807) is 17.4 Å². The maximum Gasteiger partial charge on any atom is 0.317 e. The van der Waals surface area contributed by atoms with E-state index >= 15 is 0 Å². The van der Waals surface area contributed by atoms with E-state index in [1.807, 2.05) is 61.5 Å². The van der Waals surface area contributed by atoms with Gasteiger partial charge in [-0.2, -0.15) is 0 Å². The van der Waals surface area contributed by atoms with E-state index in [0.717, 1.165) is 20.8 Å². The summed E-state index contributed by atoms with van der Waals surface area (Å²) < 4.78 is 20.7. The molecule has 0 aliphatic carbocycles. The van der Waals surface area contributed by atoms with Crippen molar-refractivity contribution in [2.75, 3.05) is 0 Å². The summed E-state index contributed by atoms with van der Waals surface area (Å²) in [6.45, 7) is 1.60. The Hall–Kier alpha value is -2.76. The molecule has 0 bridgehead atoms. The molecule has 4 rings (SSSR count). The number of nitrogens with zero attached hydrogens (tertiary/aromatic N) is 1. The molecule has 0 fully saturated rings. The second-order valence-corrected chi connectivity index (χ2v) is 8.75. The van der Waals surface area contributed by atoms with E-state index in [-0.39, 0.29) is 17.2 Å². The Morgan fingerprint density at radius 1 is 1.07 bits per heavy atom. The fraction of sp³-hybridized carbons (Fsp3) is 0.167. The highest BCUT2D eigenvalue weighted by Crippen LogP contribution is 2.33. The summed E-state index contributed by atoms with van der Waals surface area (Å²) in [4.78, 5) is 18.0. The first-order valence-electron chi connectivity index (χ1n) is 9.47. The van der Waals surface area contributed by atoms with Crippen LogP contribution >= 0.6 is 22.9 Å². The highest BCUT2D eigenvalue weighted by Gasteiger charge is 2.38. The first-order valence-corrected chi connectivity index (χ1v) is 10.7. The smallest absolute Gasteiger partial charge is 0.317 e. The lowest BCUT2D eigenvalue weighted by Gasteiger charge is -2.27. The van der Waals surface area contributed by atoms with Gasteiger partial charge in [0.15, 0.2) is 0 Å². The van der Waals surface area contributed by atoms with E-state index in [2.05, 4.69) is 4.98 Å². The second kappa shape index (κ2) is 8.54. The van der Waals surface area contributed by atoms with Gasteiger partial charge in [0.25, 0.3) is 0 Å². The molecule has 0 aliphatic rings. The molecule has 1 atom stereocenters. The Morgan fingerprint density at radius 3 is 2.53 bits per heavy atom. The van der Waals surface area contributed by atoms with Crippen molar-refractivity contribution in [1.29, 1.82) is 0 Å². The largest absolute Gasteiger partial charge is 0.460 e. The number of hydrogen-bond acceptors (Lipinski definition) is 4. The second-order valence-electron chi connectivity index (χ2n) is 7.23. The highest BCUT2D eigenvalue weighted by atomic mass is 35.5. The molecular weight excluding hydrogens is 421 g/mol. The number of rotatable bonds is 6. The van der Waals surface area contributed by atoms with Gasteiger partial charge in [-0.25, -0.2) is 9.37 Å². The SMILES string of the molecule is C[C@@](Cc1nc2ccccc2s1)(C(=O)OCc1c(F)cccc1Cl)c1ccccc1. The lowest BCUT2D eigenvalue weighted by atomic mass is 9.79. The number of ether oxygens (including phenoxy) is 1. The van der Waals surface area contributed by atoms with Crippen molar-refractivity contribution in [1.82, 2.24) is 4.98 Å². The Balaban J connectivity index is 1.64. The fourth-order valence-electron chi connectivity index (χ4n) is 3.36. The predicted octanol–water partition coefficient (Wildman–Crippen LogP) is 6.33. The van der Waals surface area contributed by atoms with Crippen LogP contribution < -0.4 is 0 Å². The molecule has 3 aromatic carbocycles. The van der Waals surface area contributed by atoms with Gasteiger partial charge in [0.2, 0.25) is 0 Å². The molecule has 0 amide bonds. The molecule has 1 heterocycles. The third kappa shape index (κ3) is 4.09. The monoisotopic (exact) mass is 439 g/mol. The van der Waals surface area contributed by atoms with Gasteiger partial charge >= 0.3 is 5.97 Å². The number of halogens is 2. The Kier molecular flexibility index (Phi) is 5.84. The summed E-state index contributed by atoms with van der Waals surface area (Å²) in [6.07, 6.45) is 0.375. The minimum absolute atomic E-state index is 0.169. The molecule has 4 aromatic rings.